The highest BCUT2D eigenvalue weighted by Crippen LogP contribution is 2.32. The van der Waals surface area contributed by atoms with E-state index in [1.165, 1.54) is 12.8 Å². The maximum Gasteiger partial charge on any atom is 0.161 e. The van der Waals surface area contributed by atoms with E-state index < -0.39 is 0 Å². The van der Waals surface area contributed by atoms with Gasteiger partial charge >= 0.3 is 0 Å². The van der Waals surface area contributed by atoms with Gasteiger partial charge in [0.15, 0.2) is 11.5 Å². The molecule has 0 heterocycles. The molecule has 22 heavy (non-hydrogen) atoms. The fourth-order valence-electron chi connectivity index (χ4n) is 3.24. The molecule has 0 bridgehead atoms. The summed E-state index contributed by atoms with van der Waals surface area (Å²) < 4.78 is 5.25. The minimum Gasteiger partial charge on any atom is -0.504 e. The fourth-order valence-corrected chi connectivity index (χ4v) is 3.24. The first kappa shape index (κ1) is 16.8. The summed E-state index contributed by atoms with van der Waals surface area (Å²) >= 11 is 0. The van der Waals surface area contributed by atoms with E-state index >= 15 is 0 Å². The normalized spacial score (nSPS) is 21.5. The number of hydrogen-bond acceptors (Lipinski definition) is 4. The number of nitrogens with one attached hydrogen (secondary N) is 1. The van der Waals surface area contributed by atoms with Crippen LogP contribution in [0.3, 0.4) is 0 Å². The molecule has 4 nitrogen and oxygen atoms in total. The van der Waals surface area contributed by atoms with Gasteiger partial charge in [-0.05, 0) is 36.8 Å². The van der Waals surface area contributed by atoms with E-state index in [2.05, 4.69) is 11.9 Å². The van der Waals surface area contributed by atoms with Crippen molar-refractivity contribution in [1.82, 2.24) is 5.32 Å². The Balaban J connectivity index is 2.08. The molecule has 0 aromatic heterocycles. The lowest BCUT2D eigenvalue weighted by molar-refractivity contribution is 0.152. The maximum absolute atomic E-state index is 10.1. The molecular formula is C18H27NO3. The molecule has 1 aromatic rings. The Labute approximate surface area is 132 Å². The lowest BCUT2D eigenvalue weighted by Crippen LogP contribution is -2.39. The van der Waals surface area contributed by atoms with Crippen LogP contribution in [0.15, 0.2) is 24.8 Å². The van der Waals surface area contributed by atoms with E-state index in [-0.39, 0.29) is 12.4 Å². The van der Waals surface area contributed by atoms with Gasteiger partial charge in [0.2, 0.25) is 0 Å². The molecule has 4 heteroatoms. The molecule has 1 aromatic carbocycles. The number of aromatic hydroxyl groups is 1. The summed E-state index contributed by atoms with van der Waals surface area (Å²) in [7, 11) is 1.56. The maximum atomic E-state index is 10.1. The van der Waals surface area contributed by atoms with Crippen molar-refractivity contribution >= 4 is 0 Å². The molecule has 1 saturated carbocycles. The SMILES string of the molecule is C=CCc1cc(CNC2CCCCC2CO)cc(OC)c1O. The second kappa shape index (κ2) is 8.20. The van der Waals surface area contributed by atoms with Crippen molar-refractivity contribution in [3.8, 4) is 11.5 Å². The number of aliphatic hydroxyl groups is 1. The Kier molecular flexibility index (Phi) is 6.28. The molecule has 1 fully saturated rings. The van der Waals surface area contributed by atoms with Crippen LogP contribution >= 0.6 is 0 Å². The average molecular weight is 305 g/mol. The third kappa shape index (κ3) is 4.02. The second-order valence-corrected chi connectivity index (χ2v) is 6.01. The zero-order valence-electron chi connectivity index (χ0n) is 13.3. The predicted octanol–water partition coefficient (Wildman–Crippen LogP) is 2.77. The van der Waals surface area contributed by atoms with Crippen LogP contribution in [0.2, 0.25) is 0 Å². The van der Waals surface area contributed by atoms with Crippen molar-refractivity contribution < 1.29 is 14.9 Å². The standard InChI is InChI=1S/C18H27NO3/c1-3-6-14-9-13(10-17(22-2)18(14)21)11-19-16-8-5-4-7-15(16)12-20/h3,9-10,15-16,19-21H,1,4-8,11-12H2,2H3. The van der Waals surface area contributed by atoms with E-state index in [4.69, 9.17) is 4.74 Å². The van der Waals surface area contributed by atoms with Gasteiger partial charge < -0.3 is 20.3 Å². The highest BCUT2D eigenvalue weighted by molar-refractivity contribution is 5.49. The lowest BCUT2D eigenvalue weighted by Gasteiger charge is -2.31. The van der Waals surface area contributed by atoms with Crippen molar-refractivity contribution in [3.05, 3.63) is 35.9 Å². The summed E-state index contributed by atoms with van der Waals surface area (Å²) in [6.07, 6.45) is 7.01. The van der Waals surface area contributed by atoms with Gasteiger partial charge in [-0.3, -0.25) is 0 Å². The Hall–Kier alpha value is -1.52. The first-order valence-electron chi connectivity index (χ1n) is 8.03. The smallest absolute Gasteiger partial charge is 0.161 e. The zero-order valence-corrected chi connectivity index (χ0v) is 13.3. The van der Waals surface area contributed by atoms with Crippen molar-refractivity contribution in [1.29, 1.82) is 0 Å². The van der Waals surface area contributed by atoms with Gasteiger partial charge in [-0.15, -0.1) is 6.58 Å². The van der Waals surface area contributed by atoms with Crippen LogP contribution in [-0.2, 0) is 13.0 Å². The number of hydrogen-bond donors (Lipinski definition) is 3. The molecular weight excluding hydrogens is 278 g/mol. The third-order valence-corrected chi connectivity index (χ3v) is 4.51. The summed E-state index contributed by atoms with van der Waals surface area (Å²) in [4.78, 5) is 0. The number of phenolic OH excluding ortho intramolecular Hbond substituents is 1. The first-order chi connectivity index (χ1) is 10.7. The van der Waals surface area contributed by atoms with Crippen LogP contribution in [0.1, 0.15) is 36.8 Å². The fraction of sp³-hybridized carbons (Fsp3) is 0.556. The monoisotopic (exact) mass is 305 g/mol. The number of allylic oxidation sites excluding steroid dienone is 1. The molecule has 0 amide bonds. The first-order valence-corrected chi connectivity index (χ1v) is 8.03. The molecule has 3 N–H and O–H groups in total. The van der Waals surface area contributed by atoms with Crippen molar-refractivity contribution in [2.75, 3.05) is 13.7 Å². The number of phenols is 1. The van der Waals surface area contributed by atoms with Crippen LogP contribution in [0.25, 0.3) is 0 Å². The van der Waals surface area contributed by atoms with Crippen molar-refractivity contribution in [3.63, 3.8) is 0 Å². The molecule has 2 unspecified atom stereocenters. The molecule has 0 saturated heterocycles. The van der Waals surface area contributed by atoms with Gasteiger partial charge in [0.1, 0.15) is 0 Å². The summed E-state index contributed by atoms with van der Waals surface area (Å²) in [5.74, 6) is 1.04. The van der Waals surface area contributed by atoms with E-state index in [9.17, 15) is 10.2 Å². The second-order valence-electron chi connectivity index (χ2n) is 6.01. The largest absolute Gasteiger partial charge is 0.504 e. The minimum atomic E-state index is 0.192. The van der Waals surface area contributed by atoms with Crippen LogP contribution in [0.5, 0.6) is 11.5 Å². The highest BCUT2D eigenvalue weighted by atomic mass is 16.5. The molecule has 122 valence electrons. The molecule has 1 aliphatic carbocycles. The number of aliphatic hydroxyl groups excluding tert-OH is 1. The summed E-state index contributed by atoms with van der Waals surface area (Å²) in [6.45, 7) is 4.69. The van der Waals surface area contributed by atoms with Crippen LogP contribution in [0, 0.1) is 5.92 Å². The quantitative estimate of drug-likeness (QED) is 0.678. The summed E-state index contributed by atoms with van der Waals surface area (Å²) in [5, 5.41) is 23.2. The lowest BCUT2D eigenvalue weighted by atomic mass is 9.85. The van der Waals surface area contributed by atoms with Gasteiger partial charge in [0.05, 0.1) is 7.11 Å². The molecule has 2 rings (SSSR count). The average Bonchev–Trinajstić information content (AvgIpc) is 2.55. The zero-order chi connectivity index (χ0) is 15.9. The van der Waals surface area contributed by atoms with Crippen LogP contribution < -0.4 is 10.1 Å². The topological polar surface area (TPSA) is 61.7 Å². The minimum absolute atomic E-state index is 0.192. The van der Waals surface area contributed by atoms with Crippen molar-refractivity contribution in [2.24, 2.45) is 5.92 Å². The molecule has 0 radical (unpaired) electrons. The number of ether oxygens (including phenoxy) is 1. The summed E-state index contributed by atoms with van der Waals surface area (Å²) in [6, 6.07) is 4.22. The van der Waals surface area contributed by atoms with Crippen molar-refractivity contribution in [2.45, 2.75) is 44.7 Å². The van der Waals surface area contributed by atoms with Gasteiger partial charge in [-0.1, -0.05) is 25.0 Å². The summed E-state index contributed by atoms with van der Waals surface area (Å²) in [5.41, 5.74) is 1.90. The van der Waals surface area contributed by atoms with E-state index in [0.29, 0.717) is 30.7 Å². The molecule has 0 aliphatic heterocycles. The van der Waals surface area contributed by atoms with Gasteiger partial charge in [-0.2, -0.15) is 0 Å². The highest BCUT2D eigenvalue weighted by Gasteiger charge is 2.24. The Morgan fingerprint density at radius 1 is 1.36 bits per heavy atom. The number of benzene rings is 1. The number of rotatable bonds is 7. The van der Waals surface area contributed by atoms with E-state index in [0.717, 1.165) is 24.0 Å². The van der Waals surface area contributed by atoms with E-state index in [1.807, 2.05) is 12.1 Å². The van der Waals surface area contributed by atoms with Crippen LogP contribution in [-0.4, -0.2) is 30.0 Å². The van der Waals surface area contributed by atoms with Crippen LogP contribution in [0.4, 0.5) is 0 Å². The van der Waals surface area contributed by atoms with E-state index in [1.54, 1.807) is 13.2 Å². The Bertz CT molecular complexity index is 501. The Morgan fingerprint density at radius 3 is 2.82 bits per heavy atom. The van der Waals surface area contributed by atoms with Gasteiger partial charge in [-0.25, -0.2) is 0 Å². The van der Waals surface area contributed by atoms with Gasteiger partial charge in [0.25, 0.3) is 0 Å². The predicted molar refractivity (Wildman–Crippen MR) is 88.2 cm³/mol. The molecule has 1 aliphatic rings. The number of methoxy groups -OCH3 is 1. The Morgan fingerprint density at radius 2 is 2.14 bits per heavy atom. The molecule has 0 spiro atoms. The van der Waals surface area contributed by atoms with Gasteiger partial charge in [0, 0.05) is 24.8 Å². The third-order valence-electron chi connectivity index (χ3n) is 4.51. The molecule has 2 atom stereocenters.